The number of benzene rings is 2. The molecule has 35 heavy (non-hydrogen) atoms. The van der Waals surface area contributed by atoms with Gasteiger partial charge in [0.1, 0.15) is 0 Å². The third-order valence-electron chi connectivity index (χ3n) is 5.91. The summed E-state index contributed by atoms with van der Waals surface area (Å²) in [5.74, 6) is 1.17. The maximum absolute atomic E-state index is 13.2. The molecule has 0 unspecified atom stereocenters. The van der Waals surface area contributed by atoms with E-state index >= 15 is 0 Å². The average Bonchev–Trinajstić information content (AvgIpc) is 3.32. The van der Waals surface area contributed by atoms with Gasteiger partial charge in [-0.25, -0.2) is 8.42 Å². The smallest absolute Gasteiger partial charge is 0.269 e. The second-order valence-corrected chi connectivity index (χ2v) is 11.1. The molecule has 0 amide bonds. The zero-order valence-electron chi connectivity index (χ0n) is 19.5. The number of ether oxygens (including phenoxy) is 1. The largest absolute Gasteiger partial charge is 0.379 e. The van der Waals surface area contributed by atoms with Gasteiger partial charge in [0.05, 0.1) is 23.0 Å². The maximum Gasteiger partial charge on any atom is 0.269 e. The molecule has 0 bridgehead atoms. The number of thioether (sulfide) groups is 1. The Labute approximate surface area is 208 Å². The molecule has 1 atom stereocenters. The topological polar surface area (TPSA) is 120 Å². The van der Waals surface area contributed by atoms with E-state index in [1.54, 1.807) is 30.3 Å². The number of rotatable bonds is 9. The Bertz CT molecular complexity index is 1290. The fourth-order valence-electron chi connectivity index (χ4n) is 3.75. The summed E-state index contributed by atoms with van der Waals surface area (Å²) in [6.07, 6.45) is 0.835. The number of hydrogen-bond donors (Lipinski definition) is 0. The highest BCUT2D eigenvalue weighted by Gasteiger charge is 2.27. The van der Waals surface area contributed by atoms with E-state index < -0.39 is 14.9 Å². The fourth-order valence-corrected chi connectivity index (χ4v) is 6.19. The third-order valence-corrected chi connectivity index (χ3v) is 8.82. The van der Waals surface area contributed by atoms with Crippen LogP contribution in [0.1, 0.15) is 31.9 Å². The first-order chi connectivity index (χ1) is 16.8. The number of aromatic nitrogens is 3. The molecule has 3 aromatic rings. The Morgan fingerprint density at radius 1 is 1.14 bits per heavy atom. The number of nitro benzene ring substituents is 1. The Morgan fingerprint density at radius 2 is 1.86 bits per heavy atom. The Kier molecular flexibility index (Phi) is 7.85. The van der Waals surface area contributed by atoms with Crippen LogP contribution in [0.2, 0.25) is 0 Å². The highest BCUT2D eigenvalue weighted by molar-refractivity contribution is 7.98. The van der Waals surface area contributed by atoms with Crippen molar-refractivity contribution in [3.05, 3.63) is 64.2 Å². The lowest BCUT2D eigenvalue weighted by atomic mass is 10.2. The molecule has 1 aromatic heterocycles. The van der Waals surface area contributed by atoms with Gasteiger partial charge >= 0.3 is 0 Å². The van der Waals surface area contributed by atoms with Gasteiger partial charge in [0.2, 0.25) is 10.0 Å². The van der Waals surface area contributed by atoms with Crippen molar-refractivity contribution in [2.75, 3.05) is 26.3 Å². The van der Waals surface area contributed by atoms with E-state index in [0.717, 1.165) is 12.0 Å². The molecule has 0 radical (unpaired) electrons. The predicted molar refractivity (Wildman–Crippen MR) is 133 cm³/mol. The number of hydrogen-bond acceptors (Lipinski definition) is 8. The highest BCUT2D eigenvalue weighted by Crippen LogP contribution is 2.32. The molecule has 0 N–H and O–H groups in total. The van der Waals surface area contributed by atoms with E-state index in [2.05, 4.69) is 24.0 Å². The van der Waals surface area contributed by atoms with Crippen LogP contribution in [0.3, 0.4) is 0 Å². The monoisotopic (exact) mass is 517 g/mol. The second-order valence-electron chi connectivity index (χ2n) is 8.19. The Hall–Kier alpha value is -2.80. The molecule has 186 valence electrons. The van der Waals surface area contributed by atoms with Crippen molar-refractivity contribution in [1.29, 1.82) is 0 Å². The molecule has 0 aliphatic carbocycles. The van der Waals surface area contributed by atoms with Crippen LogP contribution < -0.4 is 0 Å². The summed E-state index contributed by atoms with van der Waals surface area (Å²) in [5, 5.41) is 20.4. The van der Waals surface area contributed by atoms with Crippen molar-refractivity contribution in [3.8, 4) is 11.4 Å². The summed E-state index contributed by atoms with van der Waals surface area (Å²) in [7, 11) is -3.64. The van der Waals surface area contributed by atoms with Gasteiger partial charge in [-0.2, -0.15) is 4.31 Å². The summed E-state index contributed by atoms with van der Waals surface area (Å²) in [6, 6.07) is 13.3. The van der Waals surface area contributed by atoms with E-state index in [9.17, 15) is 18.5 Å². The number of nitrogens with zero attached hydrogens (tertiary/aromatic N) is 5. The third kappa shape index (κ3) is 5.56. The maximum atomic E-state index is 13.2. The highest BCUT2D eigenvalue weighted by atomic mass is 32.2. The molecular weight excluding hydrogens is 490 g/mol. The van der Waals surface area contributed by atoms with Crippen LogP contribution in [-0.2, 0) is 20.5 Å². The minimum Gasteiger partial charge on any atom is -0.379 e. The molecule has 4 rings (SSSR count). The second kappa shape index (κ2) is 10.9. The van der Waals surface area contributed by atoms with Gasteiger partial charge in [-0.15, -0.1) is 10.2 Å². The van der Waals surface area contributed by atoms with Crippen LogP contribution in [0.25, 0.3) is 11.4 Å². The number of sulfonamides is 1. The Morgan fingerprint density at radius 3 is 2.51 bits per heavy atom. The van der Waals surface area contributed by atoms with Crippen molar-refractivity contribution in [2.24, 2.45) is 0 Å². The lowest BCUT2D eigenvalue weighted by Crippen LogP contribution is -2.40. The zero-order chi connectivity index (χ0) is 25.0. The lowest BCUT2D eigenvalue weighted by Gasteiger charge is -2.26. The predicted octanol–water partition coefficient (Wildman–Crippen LogP) is 4.14. The summed E-state index contributed by atoms with van der Waals surface area (Å²) >= 11 is 1.49. The summed E-state index contributed by atoms with van der Waals surface area (Å²) in [6.45, 7) is 5.57. The van der Waals surface area contributed by atoms with Gasteiger partial charge < -0.3 is 4.74 Å². The number of non-ortho nitro benzene ring substituents is 1. The SMILES string of the molecule is CC[C@@H](C)n1c(SCc2ccc([N+](=O)[O-])cc2)nnc1-c1cccc(S(=O)(=O)N2CCOCC2)c1. The van der Waals surface area contributed by atoms with E-state index in [4.69, 9.17) is 4.74 Å². The first-order valence-electron chi connectivity index (χ1n) is 11.3. The number of morpholine rings is 1. The summed E-state index contributed by atoms with van der Waals surface area (Å²) in [5.41, 5.74) is 1.66. The molecule has 2 aromatic carbocycles. The molecule has 0 spiro atoms. The van der Waals surface area contributed by atoms with Crippen molar-refractivity contribution < 1.29 is 18.1 Å². The molecule has 1 aliphatic rings. The van der Waals surface area contributed by atoms with Crippen LogP contribution >= 0.6 is 11.8 Å². The lowest BCUT2D eigenvalue weighted by molar-refractivity contribution is -0.384. The standard InChI is InChI=1S/C23H27N5O5S2/c1-3-17(2)27-22(24-25-23(27)34-16-18-7-9-20(10-8-18)28(29)30)19-5-4-6-21(15-19)35(31,32)26-11-13-33-14-12-26/h4-10,15,17H,3,11-14,16H2,1-2H3/t17-/m1/s1. The minimum atomic E-state index is -3.64. The van der Waals surface area contributed by atoms with Crippen LogP contribution in [0.4, 0.5) is 5.69 Å². The van der Waals surface area contributed by atoms with Crippen molar-refractivity contribution >= 4 is 27.5 Å². The van der Waals surface area contributed by atoms with Crippen molar-refractivity contribution in [1.82, 2.24) is 19.1 Å². The van der Waals surface area contributed by atoms with E-state index in [1.807, 2.05) is 10.6 Å². The van der Waals surface area contributed by atoms with Crippen molar-refractivity contribution in [3.63, 3.8) is 0 Å². The number of nitro groups is 1. The van der Waals surface area contributed by atoms with Gasteiger partial charge in [-0.1, -0.05) is 43.0 Å². The van der Waals surface area contributed by atoms with Crippen LogP contribution in [0.5, 0.6) is 0 Å². The van der Waals surface area contributed by atoms with E-state index in [0.29, 0.717) is 48.6 Å². The van der Waals surface area contributed by atoms with Gasteiger partial charge in [0.15, 0.2) is 11.0 Å². The molecule has 1 saturated heterocycles. The van der Waals surface area contributed by atoms with Crippen molar-refractivity contribution in [2.45, 2.75) is 42.1 Å². The molecule has 10 nitrogen and oxygen atoms in total. The fraction of sp³-hybridized carbons (Fsp3) is 0.391. The first kappa shape index (κ1) is 25.3. The van der Waals surface area contributed by atoms with E-state index in [-0.39, 0.29) is 16.6 Å². The van der Waals surface area contributed by atoms with Gasteiger partial charge in [-0.05, 0) is 31.0 Å². The van der Waals surface area contributed by atoms with Gasteiger partial charge in [0.25, 0.3) is 5.69 Å². The molecule has 12 heteroatoms. The van der Waals surface area contributed by atoms with Gasteiger partial charge in [-0.3, -0.25) is 14.7 Å². The van der Waals surface area contributed by atoms with Crippen LogP contribution in [-0.4, -0.2) is 58.7 Å². The van der Waals surface area contributed by atoms with E-state index in [1.165, 1.54) is 28.2 Å². The van der Waals surface area contributed by atoms with Crippen LogP contribution in [0.15, 0.2) is 58.6 Å². The van der Waals surface area contributed by atoms with Crippen LogP contribution in [0, 0.1) is 10.1 Å². The normalized spacial score (nSPS) is 15.7. The molecular formula is C23H27N5O5S2. The molecule has 1 fully saturated rings. The molecule has 1 aliphatic heterocycles. The Balaban J connectivity index is 1.62. The zero-order valence-corrected chi connectivity index (χ0v) is 21.2. The molecule has 0 saturated carbocycles. The minimum absolute atomic E-state index is 0.0516. The summed E-state index contributed by atoms with van der Waals surface area (Å²) in [4.78, 5) is 10.7. The summed E-state index contributed by atoms with van der Waals surface area (Å²) < 4.78 is 35.1. The molecule has 2 heterocycles. The first-order valence-corrected chi connectivity index (χ1v) is 13.7. The van der Waals surface area contributed by atoms with Gasteiger partial charge in [0, 0.05) is 42.6 Å². The average molecular weight is 518 g/mol. The quantitative estimate of drug-likeness (QED) is 0.236.